The highest BCUT2D eigenvalue weighted by Gasteiger charge is 2.21. The smallest absolute Gasteiger partial charge is 0.129 e. The zero-order chi connectivity index (χ0) is 22.2. The summed E-state index contributed by atoms with van der Waals surface area (Å²) in [5.74, 6) is 1.84. The Morgan fingerprint density at radius 3 is 1.09 bits per heavy atom. The van der Waals surface area contributed by atoms with Gasteiger partial charge in [0.15, 0.2) is 0 Å². The molecule has 5 aromatic carbocycles. The van der Waals surface area contributed by atoms with Gasteiger partial charge in [0.25, 0.3) is 0 Å². The van der Waals surface area contributed by atoms with Crippen LogP contribution in [0.4, 0.5) is 0 Å². The number of benzene rings is 5. The fourth-order valence-electron chi connectivity index (χ4n) is 4.95. The van der Waals surface area contributed by atoms with E-state index in [0.717, 1.165) is 33.8 Å². The first-order valence-corrected chi connectivity index (χ1v) is 10.9. The predicted octanol–water partition coefficient (Wildman–Crippen LogP) is 7.96. The molecule has 0 radical (unpaired) electrons. The second-order valence-electron chi connectivity index (χ2n) is 8.15. The topological polar surface area (TPSA) is 18.5 Å². The quantitative estimate of drug-likeness (QED) is 0.276. The number of aryl methyl sites for hydroxylation is 2. The van der Waals surface area contributed by atoms with E-state index in [1.807, 2.05) is 0 Å². The molecule has 0 aliphatic heterocycles. The van der Waals surface area contributed by atoms with E-state index in [1.165, 1.54) is 32.7 Å². The fourth-order valence-corrected chi connectivity index (χ4v) is 4.95. The Hall–Kier alpha value is -3.78. The maximum Gasteiger partial charge on any atom is 0.129 e. The van der Waals surface area contributed by atoms with E-state index in [4.69, 9.17) is 9.47 Å². The van der Waals surface area contributed by atoms with Crippen LogP contribution in [0.2, 0.25) is 0 Å². The van der Waals surface area contributed by atoms with Crippen LogP contribution in [0.25, 0.3) is 43.8 Å². The van der Waals surface area contributed by atoms with Crippen LogP contribution in [0.1, 0.15) is 11.1 Å². The summed E-state index contributed by atoms with van der Waals surface area (Å²) in [6.45, 7) is 4.19. The largest absolute Gasteiger partial charge is 0.496 e. The molecule has 0 fully saturated rings. The van der Waals surface area contributed by atoms with Crippen molar-refractivity contribution in [2.45, 2.75) is 13.8 Å². The first-order valence-electron chi connectivity index (χ1n) is 10.9. The van der Waals surface area contributed by atoms with Crippen molar-refractivity contribution in [3.05, 3.63) is 96.1 Å². The Balaban J connectivity index is 2.01. The third-order valence-corrected chi connectivity index (χ3v) is 6.30. The van der Waals surface area contributed by atoms with E-state index < -0.39 is 0 Å². The lowest BCUT2D eigenvalue weighted by atomic mass is 9.85. The van der Waals surface area contributed by atoms with Gasteiger partial charge >= 0.3 is 0 Å². The molecule has 0 bridgehead atoms. The third-order valence-electron chi connectivity index (χ3n) is 6.30. The number of fused-ring (bicyclic) bond motifs is 2. The molecule has 0 amide bonds. The normalized spacial score (nSPS) is 11.1. The molecular weight excluding hydrogens is 392 g/mol. The van der Waals surface area contributed by atoms with Crippen LogP contribution in [0.3, 0.4) is 0 Å². The van der Waals surface area contributed by atoms with Gasteiger partial charge in [-0.2, -0.15) is 0 Å². The standard InChI is InChI=1S/C30H26O2/c1-19-11-9-17-25(29(19)31-3)27-21-13-5-7-15-23(21)28(24-16-8-6-14-22(24)27)26-18-10-12-20(2)30(26)32-4/h5-18H,1-4H3. The average molecular weight is 419 g/mol. The molecule has 0 aromatic heterocycles. The number of hydrogen-bond acceptors (Lipinski definition) is 2. The number of rotatable bonds is 4. The Morgan fingerprint density at radius 2 is 0.781 bits per heavy atom. The van der Waals surface area contributed by atoms with Gasteiger partial charge in [-0.15, -0.1) is 0 Å². The van der Waals surface area contributed by atoms with Gasteiger partial charge in [0.05, 0.1) is 14.2 Å². The van der Waals surface area contributed by atoms with Gasteiger partial charge in [-0.3, -0.25) is 0 Å². The summed E-state index contributed by atoms with van der Waals surface area (Å²) < 4.78 is 11.8. The van der Waals surface area contributed by atoms with Crippen molar-refractivity contribution in [2.24, 2.45) is 0 Å². The molecular formula is C30H26O2. The van der Waals surface area contributed by atoms with Crippen molar-refractivity contribution in [2.75, 3.05) is 14.2 Å². The minimum Gasteiger partial charge on any atom is -0.496 e. The number of para-hydroxylation sites is 2. The maximum atomic E-state index is 5.88. The van der Waals surface area contributed by atoms with Crippen molar-refractivity contribution < 1.29 is 9.47 Å². The summed E-state index contributed by atoms with van der Waals surface area (Å²) in [7, 11) is 3.50. The molecule has 0 aliphatic carbocycles. The van der Waals surface area contributed by atoms with Gasteiger partial charge in [-0.1, -0.05) is 84.9 Å². The zero-order valence-electron chi connectivity index (χ0n) is 18.9. The molecule has 0 aliphatic rings. The Morgan fingerprint density at radius 1 is 0.438 bits per heavy atom. The van der Waals surface area contributed by atoms with Crippen molar-refractivity contribution in [3.63, 3.8) is 0 Å². The van der Waals surface area contributed by atoms with Gasteiger partial charge < -0.3 is 9.47 Å². The van der Waals surface area contributed by atoms with Crippen molar-refractivity contribution >= 4 is 21.5 Å². The van der Waals surface area contributed by atoms with Crippen LogP contribution in [0.15, 0.2) is 84.9 Å². The molecule has 2 heteroatoms. The lowest BCUT2D eigenvalue weighted by Crippen LogP contribution is -1.96. The fraction of sp³-hybridized carbons (Fsp3) is 0.133. The Labute approximate surface area is 189 Å². The molecule has 0 saturated carbocycles. The number of ether oxygens (including phenoxy) is 2. The van der Waals surface area contributed by atoms with Crippen molar-refractivity contribution in [1.29, 1.82) is 0 Å². The molecule has 158 valence electrons. The van der Waals surface area contributed by atoms with E-state index in [-0.39, 0.29) is 0 Å². The second-order valence-corrected chi connectivity index (χ2v) is 8.15. The van der Waals surface area contributed by atoms with Gasteiger partial charge in [-0.05, 0) is 46.5 Å². The summed E-state index contributed by atoms with van der Waals surface area (Å²) in [6, 6.07) is 30.0. The highest BCUT2D eigenvalue weighted by Crippen LogP contribution is 2.48. The summed E-state index contributed by atoms with van der Waals surface area (Å²) in [5, 5.41) is 4.81. The highest BCUT2D eigenvalue weighted by atomic mass is 16.5. The van der Waals surface area contributed by atoms with E-state index in [9.17, 15) is 0 Å². The van der Waals surface area contributed by atoms with E-state index >= 15 is 0 Å². The van der Waals surface area contributed by atoms with Crippen LogP contribution >= 0.6 is 0 Å². The first kappa shape index (κ1) is 20.1. The van der Waals surface area contributed by atoms with Gasteiger partial charge in [0.2, 0.25) is 0 Å². The SMILES string of the molecule is COc1c(C)cccc1-c1c2ccccc2c(-c2cccc(C)c2OC)c2ccccc12. The summed E-state index contributed by atoms with van der Waals surface area (Å²) in [4.78, 5) is 0. The van der Waals surface area contributed by atoms with Crippen LogP contribution in [-0.2, 0) is 0 Å². The molecule has 2 nitrogen and oxygen atoms in total. The van der Waals surface area contributed by atoms with Gasteiger partial charge in [-0.25, -0.2) is 0 Å². The molecule has 0 unspecified atom stereocenters. The molecule has 0 spiro atoms. The molecule has 0 atom stereocenters. The van der Waals surface area contributed by atoms with E-state index in [0.29, 0.717) is 0 Å². The maximum absolute atomic E-state index is 5.88. The van der Waals surface area contributed by atoms with Gasteiger partial charge in [0.1, 0.15) is 11.5 Å². The van der Waals surface area contributed by atoms with Crippen LogP contribution in [0, 0.1) is 13.8 Å². The molecule has 0 saturated heterocycles. The molecule has 0 N–H and O–H groups in total. The van der Waals surface area contributed by atoms with E-state index in [1.54, 1.807) is 14.2 Å². The zero-order valence-corrected chi connectivity index (χ0v) is 18.9. The molecule has 32 heavy (non-hydrogen) atoms. The second kappa shape index (κ2) is 8.05. The van der Waals surface area contributed by atoms with Crippen LogP contribution < -0.4 is 9.47 Å². The summed E-state index contributed by atoms with van der Waals surface area (Å²) >= 11 is 0. The minimum atomic E-state index is 0.920. The van der Waals surface area contributed by atoms with Crippen LogP contribution in [-0.4, -0.2) is 14.2 Å². The van der Waals surface area contributed by atoms with Crippen LogP contribution in [0.5, 0.6) is 11.5 Å². The molecule has 0 heterocycles. The lowest BCUT2D eigenvalue weighted by molar-refractivity contribution is 0.413. The Bertz CT molecular complexity index is 1290. The summed E-state index contributed by atoms with van der Waals surface area (Å²) in [6.07, 6.45) is 0. The molecule has 5 rings (SSSR count). The highest BCUT2D eigenvalue weighted by molar-refractivity contribution is 6.22. The van der Waals surface area contributed by atoms with Crippen molar-refractivity contribution in [1.82, 2.24) is 0 Å². The average Bonchev–Trinajstić information content (AvgIpc) is 2.82. The Kier molecular flexibility index (Phi) is 5.07. The monoisotopic (exact) mass is 418 g/mol. The number of hydrogen-bond donors (Lipinski definition) is 0. The minimum absolute atomic E-state index is 0.920. The van der Waals surface area contributed by atoms with E-state index in [2.05, 4.69) is 98.8 Å². The lowest BCUT2D eigenvalue weighted by Gasteiger charge is -2.21. The number of methoxy groups -OCH3 is 2. The third kappa shape index (κ3) is 3.03. The van der Waals surface area contributed by atoms with Crippen molar-refractivity contribution in [3.8, 4) is 33.8 Å². The molecule has 5 aromatic rings. The van der Waals surface area contributed by atoms with Gasteiger partial charge in [0, 0.05) is 22.3 Å². The first-order chi connectivity index (χ1) is 15.7. The summed E-state index contributed by atoms with van der Waals surface area (Å²) in [5.41, 5.74) is 6.88. The predicted molar refractivity (Wildman–Crippen MR) is 135 cm³/mol.